The summed E-state index contributed by atoms with van der Waals surface area (Å²) in [6.45, 7) is 11.8. The second kappa shape index (κ2) is 25.4. The topological polar surface area (TPSA) is 222 Å². The Labute approximate surface area is 365 Å². The molecule has 62 heavy (non-hydrogen) atoms. The third-order valence-corrected chi connectivity index (χ3v) is 10.1. The molecule has 0 saturated carbocycles. The fraction of sp³-hybridized carbons (Fsp3) is 0.522. The van der Waals surface area contributed by atoms with Crippen molar-refractivity contribution in [2.24, 2.45) is 10.7 Å². The number of pyridine rings is 1. The number of carbonyl (C=O) groups excluding carboxylic acids is 2. The van der Waals surface area contributed by atoms with Gasteiger partial charge in [0.2, 0.25) is 5.84 Å². The van der Waals surface area contributed by atoms with Crippen molar-refractivity contribution in [3.8, 4) is 5.75 Å². The Morgan fingerprint density at radius 1 is 0.855 bits per heavy atom. The molecule has 2 heterocycles. The molecule has 16 heteroatoms. The number of carbonyl (C=O) groups is 3. The predicted octanol–water partition coefficient (Wildman–Crippen LogP) is 5.17. The van der Waals surface area contributed by atoms with Crippen LogP contribution in [-0.2, 0) is 23.7 Å². The highest BCUT2D eigenvalue weighted by molar-refractivity contribution is 6.06. The van der Waals surface area contributed by atoms with E-state index in [1.165, 1.54) is 0 Å². The van der Waals surface area contributed by atoms with Crippen molar-refractivity contribution in [2.45, 2.75) is 96.2 Å². The first-order valence-corrected chi connectivity index (χ1v) is 21.5. The molecule has 338 valence electrons. The Morgan fingerprint density at radius 3 is 2.15 bits per heavy atom. The van der Waals surface area contributed by atoms with Crippen molar-refractivity contribution in [1.82, 2.24) is 15.2 Å². The number of piperidine rings is 1. The van der Waals surface area contributed by atoms with E-state index in [4.69, 9.17) is 39.9 Å². The number of likely N-dealkylation sites (tertiary alicyclic amines) is 1. The zero-order valence-electron chi connectivity index (χ0n) is 36.7. The number of carboxylic acids is 1. The van der Waals surface area contributed by atoms with Crippen molar-refractivity contribution in [2.75, 3.05) is 64.7 Å². The Balaban J connectivity index is 1.23. The van der Waals surface area contributed by atoms with Crippen LogP contribution in [0.25, 0.3) is 0 Å². The molecular weight excluding hydrogens is 795 g/mol. The SMILES string of the molecule is C[C@@H](NC(=O)c1cccc(NC2(C(N)=NC(=[NH2+])c3ccncc3)CCN(C(=O)OC(C)(C)C)CC2)c1)c1cccc(OCCCCCCOCCOCCOCCCC(=O)O)c1. The monoisotopic (exact) mass is 860 g/mol. The lowest BCUT2D eigenvalue weighted by molar-refractivity contribution is -0.137. The Kier molecular flexibility index (Phi) is 20.1. The van der Waals surface area contributed by atoms with Gasteiger partial charge in [0.05, 0.1) is 44.6 Å². The maximum Gasteiger partial charge on any atom is 0.410 e. The number of ether oxygens (including phenoxy) is 5. The molecule has 0 radical (unpaired) electrons. The zero-order valence-corrected chi connectivity index (χ0v) is 36.7. The number of amidine groups is 2. The minimum atomic E-state index is -0.880. The van der Waals surface area contributed by atoms with E-state index >= 15 is 0 Å². The van der Waals surface area contributed by atoms with Gasteiger partial charge < -0.3 is 50.1 Å². The summed E-state index contributed by atoms with van der Waals surface area (Å²) in [4.78, 5) is 47.4. The first-order chi connectivity index (χ1) is 29.7. The number of aromatic nitrogens is 1. The highest BCUT2D eigenvalue weighted by Crippen LogP contribution is 2.30. The number of hydrogen-bond donors (Lipinski definition) is 5. The number of anilines is 1. The maximum atomic E-state index is 13.6. The third-order valence-electron chi connectivity index (χ3n) is 10.1. The van der Waals surface area contributed by atoms with Gasteiger partial charge in [0.15, 0.2) is 0 Å². The summed E-state index contributed by atoms with van der Waals surface area (Å²) in [5, 5.41) is 21.7. The molecule has 16 nitrogen and oxygen atoms in total. The first kappa shape index (κ1) is 49.1. The molecule has 2 amide bonds. The van der Waals surface area contributed by atoms with Gasteiger partial charge >= 0.3 is 17.9 Å². The van der Waals surface area contributed by atoms with E-state index in [-0.39, 0.29) is 30.0 Å². The summed E-state index contributed by atoms with van der Waals surface area (Å²) < 4.78 is 28.1. The van der Waals surface area contributed by atoms with Crippen LogP contribution in [0.1, 0.15) is 107 Å². The van der Waals surface area contributed by atoms with E-state index in [0.29, 0.717) is 95.4 Å². The van der Waals surface area contributed by atoms with Crippen molar-refractivity contribution in [3.63, 3.8) is 0 Å². The van der Waals surface area contributed by atoms with Crippen molar-refractivity contribution >= 4 is 35.3 Å². The second-order valence-electron chi connectivity index (χ2n) is 16.2. The van der Waals surface area contributed by atoms with Crippen LogP contribution in [-0.4, -0.2) is 115 Å². The molecule has 1 aliphatic heterocycles. The van der Waals surface area contributed by atoms with Crippen LogP contribution in [0.4, 0.5) is 10.5 Å². The Hall–Kier alpha value is -5.58. The molecular formula is C46H66N7O9+. The van der Waals surface area contributed by atoms with Gasteiger partial charge in [0.25, 0.3) is 5.91 Å². The number of rotatable bonds is 25. The molecule has 1 aromatic heterocycles. The summed E-state index contributed by atoms with van der Waals surface area (Å²) in [6.07, 6.45) is 8.23. The lowest BCUT2D eigenvalue weighted by atomic mass is 9.85. The maximum absolute atomic E-state index is 13.6. The average Bonchev–Trinajstić information content (AvgIpc) is 3.24. The molecule has 1 fully saturated rings. The van der Waals surface area contributed by atoms with Crippen LogP contribution in [0.2, 0.25) is 0 Å². The lowest BCUT2D eigenvalue weighted by Crippen LogP contribution is -2.59. The first-order valence-electron chi connectivity index (χ1n) is 21.5. The average molecular weight is 861 g/mol. The third kappa shape index (κ3) is 17.4. The van der Waals surface area contributed by atoms with Gasteiger partial charge in [-0.05, 0) is 119 Å². The van der Waals surface area contributed by atoms with Crippen LogP contribution in [0, 0.1) is 0 Å². The molecule has 3 aromatic rings. The number of aliphatic carboxylic acids is 1. The number of hydrogen-bond acceptors (Lipinski definition) is 10. The van der Waals surface area contributed by atoms with Gasteiger partial charge in [0, 0.05) is 56.4 Å². The minimum absolute atomic E-state index is 0.112. The standard InChI is InChI=1S/C46H65N7O9/c1-34(36-12-10-15-39(33-36)61-27-8-6-5-7-25-58-28-30-60-31-29-59-26-11-16-40(54)55)50-42(56)37-13-9-14-38(32-37)52-46(43(48)51-41(47)35-17-21-49-22-18-35)19-23-53(24-20-46)44(57)62-45(2,3)4/h9-10,12-15,17-18,21-22,32-34,52H,5-8,11,16,19-20,23-31H2,1-4H3,(H,50,56)(H,54,55)(H3,47,48,51)/p+1/t34-/m1/s1. The number of unbranched alkanes of at least 4 members (excludes halogenated alkanes) is 3. The molecule has 7 N–H and O–H groups in total. The lowest BCUT2D eigenvalue weighted by Gasteiger charge is -2.41. The van der Waals surface area contributed by atoms with E-state index in [9.17, 15) is 14.4 Å². The molecule has 4 rings (SSSR count). The van der Waals surface area contributed by atoms with Crippen LogP contribution >= 0.6 is 0 Å². The molecule has 0 aliphatic carbocycles. The smallest absolute Gasteiger partial charge is 0.410 e. The van der Waals surface area contributed by atoms with Gasteiger partial charge in [-0.2, -0.15) is 0 Å². The number of nitrogens with two attached hydrogens (primary N) is 2. The summed E-state index contributed by atoms with van der Waals surface area (Å²) in [5.74, 6) is 0.184. The van der Waals surface area contributed by atoms with Gasteiger partial charge in [0.1, 0.15) is 16.9 Å². The predicted molar refractivity (Wildman–Crippen MR) is 237 cm³/mol. The van der Waals surface area contributed by atoms with E-state index in [2.05, 4.69) is 20.6 Å². The van der Waals surface area contributed by atoms with Crippen LogP contribution in [0.5, 0.6) is 5.75 Å². The molecule has 0 spiro atoms. The van der Waals surface area contributed by atoms with E-state index in [1.807, 2.05) is 64.1 Å². The van der Waals surface area contributed by atoms with Gasteiger partial charge in [-0.1, -0.05) is 24.6 Å². The van der Waals surface area contributed by atoms with Crippen molar-refractivity contribution in [3.05, 3.63) is 89.7 Å². The quantitative estimate of drug-likeness (QED) is 0.0423. The van der Waals surface area contributed by atoms with Crippen LogP contribution < -0.4 is 26.5 Å². The Bertz CT molecular complexity index is 1900. The number of nitrogens with zero attached hydrogens (tertiary/aromatic N) is 3. The summed E-state index contributed by atoms with van der Waals surface area (Å²) in [5.41, 5.74) is 7.96. The van der Waals surface area contributed by atoms with Crippen LogP contribution in [0.15, 0.2) is 78.0 Å². The van der Waals surface area contributed by atoms with E-state index in [1.54, 1.807) is 41.6 Å². The highest BCUT2D eigenvalue weighted by Gasteiger charge is 2.43. The fourth-order valence-corrected chi connectivity index (χ4v) is 6.64. The largest absolute Gasteiger partial charge is 0.494 e. The summed E-state index contributed by atoms with van der Waals surface area (Å²) >= 11 is 0. The summed E-state index contributed by atoms with van der Waals surface area (Å²) in [6, 6.07) is 18.2. The molecule has 1 aliphatic rings. The number of carboxylic acid groups (broad SMARTS) is 1. The number of amides is 2. The molecule has 1 saturated heterocycles. The number of aliphatic imine (C=N–C) groups is 1. The van der Waals surface area contributed by atoms with E-state index < -0.39 is 23.2 Å². The highest BCUT2D eigenvalue weighted by atomic mass is 16.6. The number of benzene rings is 2. The molecule has 1 atom stereocenters. The fourth-order valence-electron chi connectivity index (χ4n) is 6.64. The van der Waals surface area contributed by atoms with Gasteiger partial charge in [-0.3, -0.25) is 20.0 Å². The number of nitrogens with one attached hydrogen (secondary N) is 2. The van der Waals surface area contributed by atoms with E-state index in [0.717, 1.165) is 37.0 Å². The molecule has 2 aromatic carbocycles. The molecule has 0 unspecified atom stereocenters. The van der Waals surface area contributed by atoms with Gasteiger partial charge in [-0.25, -0.2) is 4.79 Å². The molecule has 0 bridgehead atoms. The van der Waals surface area contributed by atoms with Crippen LogP contribution in [0.3, 0.4) is 0 Å². The second-order valence-corrected chi connectivity index (χ2v) is 16.2. The van der Waals surface area contributed by atoms with Crippen molar-refractivity contribution < 1.29 is 48.6 Å². The Morgan fingerprint density at radius 2 is 1.48 bits per heavy atom. The van der Waals surface area contributed by atoms with Crippen molar-refractivity contribution in [1.29, 1.82) is 0 Å². The summed E-state index contributed by atoms with van der Waals surface area (Å²) in [7, 11) is 0. The minimum Gasteiger partial charge on any atom is -0.494 e. The van der Waals surface area contributed by atoms with Gasteiger partial charge in [-0.15, -0.1) is 0 Å². The normalized spacial score (nSPS) is 14.5. The zero-order chi connectivity index (χ0) is 44.8.